The number of piperidine rings is 1. The molecule has 1 aliphatic heterocycles. The molecule has 98 valence electrons. The van der Waals surface area contributed by atoms with Crippen LogP contribution in [0.15, 0.2) is 24.3 Å². The first kappa shape index (κ1) is 13.4. The van der Waals surface area contributed by atoms with Gasteiger partial charge >= 0.3 is 0 Å². The minimum Gasteiger partial charge on any atom is -0.323 e. The minimum absolute atomic E-state index is 0.136. The fourth-order valence-electron chi connectivity index (χ4n) is 1.90. The number of nitrogens with one attached hydrogen (secondary N) is 2. The van der Waals surface area contributed by atoms with Crippen molar-refractivity contribution >= 4 is 23.4 Å². The third kappa shape index (κ3) is 3.99. The van der Waals surface area contributed by atoms with E-state index in [9.17, 15) is 9.18 Å². The average molecular weight is 268 g/mol. The fourth-order valence-corrected chi connectivity index (χ4v) is 2.93. The lowest BCUT2D eigenvalue weighted by atomic mass is 10.2. The number of halogens is 1. The molecule has 0 aliphatic carbocycles. The Labute approximate surface area is 111 Å². The maximum atomic E-state index is 13.3. The van der Waals surface area contributed by atoms with E-state index in [0.717, 1.165) is 25.9 Å². The van der Waals surface area contributed by atoms with Crippen molar-refractivity contribution in [2.75, 3.05) is 24.2 Å². The van der Waals surface area contributed by atoms with Gasteiger partial charge in [-0.1, -0.05) is 12.1 Å². The van der Waals surface area contributed by atoms with Gasteiger partial charge in [-0.2, -0.15) is 0 Å². The predicted octanol–water partition coefficient (Wildman–Crippen LogP) is 2.25. The molecule has 1 heterocycles. The lowest BCUT2D eigenvalue weighted by Crippen LogP contribution is -2.30. The highest BCUT2D eigenvalue weighted by Crippen LogP contribution is 2.20. The molecule has 18 heavy (non-hydrogen) atoms. The summed E-state index contributed by atoms with van der Waals surface area (Å²) in [4.78, 5) is 11.7. The molecular weight excluding hydrogens is 251 g/mol. The van der Waals surface area contributed by atoms with Crippen molar-refractivity contribution in [3.8, 4) is 0 Å². The Bertz CT molecular complexity index is 408. The van der Waals surface area contributed by atoms with Crippen molar-refractivity contribution in [2.24, 2.45) is 0 Å². The normalized spacial score (nSPS) is 16.5. The number of hydrogen-bond donors (Lipinski definition) is 2. The Morgan fingerprint density at radius 3 is 2.83 bits per heavy atom. The molecule has 0 aromatic heterocycles. The number of hydrogen-bond acceptors (Lipinski definition) is 3. The Morgan fingerprint density at radius 1 is 1.39 bits per heavy atom. The molecule has 1 saturated heterocycles. The second-order valence-corrected chi connectivity index (χ2v) is 5.58. The molecule has 1 aliphatic rings. The quantitative estimate of drug-likeness (QED) is 0.880. The molecule has 1 aromatic rings. The molecule has 0 bridgehead atoms. The van der Waals surface area contributed by atoms with Gasteiger partial charge < -0.3 is 10.6 Å². The van der Waals surface area contributed by atoms with Crippen LogP contribution in [0.5, 0.6) is 0 Å². The first-order chi connectivity index (χ1) is 8.75. The Morgan fingerprint density at radius 2 is 2.11 bits per heavy atom. The zero-order chi connectivity index (χ0) is 12.8. The number of rotatable bonds is 4. The van der Waals surface area contributed by atoms with E-state index in [0.29, 0.717) is 11.0 Å². The monoisotopic (exact) mass is 268 g/mol. The van der Waals surface area contributed by atoms with Crippen LogP contribution in [0.4, 0.5) is 10.1 Å². The van der Waals surface area contributed by atoms with Gasteiger partial charge in [-0.3, -0.25) is 4.79 Å². The van der Waals surface area contributed by atoms with Crippen molar-refractivity contribution in [3.05, 3.63) is 30.1 Å². The van der Waals surface area contributed by atoms with E-state index >= 15 is 0 Å². The van der Waals surface area contributed by atoms with Crippen LogP contribution in [0.3, 0.4) is 0 Å². The topological polar surface area (TPSA) is 41.1 Å². The summed E-state index contributed by atoms with van der Waals surface area (Å²) in [6, 6.07) is 6.23. The maximum absolute atomic E-state index is 13.3. The minimum atomic E-state index is -0.391. The molecule has 3 nitrogen and oxygen atoms in total. The van der Waals surface area contributed by atoms with Crippen LogP contribution in [0, 0.1) is 5.82 Å². The molecule has 2 rings (SSSR count). The molecule has 0 spiro atoms. The van der Waals surface area contributed by atoms with Crippen molar-refractivity contribution in [1.29, 1.82) is 0 Å². The molecule has 0 radical (unpaired) electrons. The zero-order valence-corrected chi connectivity index (χ0v) is 10.9. The largest absolute Gasteiger partial charge is 0.323 e. The first-order valence-corrected chi connectivity index (χ1v) is 7.17. The summed E-state index contributed by atoms with van der Waals surface area (Å²) in [7, 11) is 0. The van der Waals surface area contributed by atoms with Gasteiger partial charge in [0.1, 0.15) is 5.82 Å². The second kappa shape index (κ2) is 6.75. The summed E-state index contributed by atoms with van der Waals surface area (Å²) in [6.07, 6.45) is 2.19. The summed E-state index contributed by atoms with van der Waals surface area (Å²) in [6.45, 7) is 2.04. The first-order valence-electron chi connectivity index (χ1n) is 6.12. The van der Waals surface area contributed by atoms with Crippen molar-refractivity contribution in [1.82, 2.24) is 5.32 Å². The summed E-state index contributed by atoms with van der Waals surface area (Å²) >= 11 is 1.66. The van der Waals surface area contributed by atoms with Crippen LogP contribution in [0.25, 0.3) is 0 Å². The SMILES string of the molecule is O=C(CSC1CCNCC1)Nc1ccccc1F. The number of carbonyl (C=O) groups is 1. The highest BCUT2D eigenvalue weighted by atomic mass is 32.2. The average Bonchev–Trinajstić information content (AvgIpc) is 2.40. The molecule has 5 heteroatoms. The van der Waals surface area contributed by atoms with Gasteiger partial charge in [0, 0.05) is 5.25 Å². The van der Waals surface area contributed by atoms with E-state index < -0.39 is 5.82 Å². The van der Waals surface area contributed by atoms with Crippen LogP contribution in [0.1, 0.15) is 12.8 Å². The van der Waals surface area contributed by atoms with Gasteiger partial charge in [-0.15, -0.1) is 11.8 Å². The van der Waals surface area contributed by atoms with E-state index in [-0.39, 0.29) is 11.6 Å². The number of anilines is 1. The van der Waals surface area contributed by atoms with Gasteiger partial charge in [0.25, 0.3) is 0 Å². The van der Waals surface area contributed by atoms with Crippen molar-refractivity contribution in [2.45, 2.75) is 18.1 Å². The van der Waals surface area contributed by atoms with Crippen LogP contribution >= 0.6 is 11.8 Å². The van der Waals surface area contributed by atoms with Gasteiger partial charge in [0.05, 0.1) is 11.4 Å². The number of carbonyl (C=O) groups excluding carboxylic acids is 1. The summed E-state index contributed by atoms with van der Waals surface area (Å²) in [5.74, 6) is -0.139. The molecular formula is C13H17FN2OS. The summed E-state index contributed by atoms with van der Waals surface area (Å²) in [5.41, 5.74) is 0.258. The number of para-hydroxylation sites is 1. The maximum Gasteiger partial charge on any atom is 0.234 e. The Balaban J connectivity index is 1.76. The molecule has 0 unspecified atom stereocenters. The van der Waals surface area contributed by atoms with Crippen LogP contribution in [-0.2, 0) is 4.79 Å². The van der Waals surface area contributed by atoms with Gasteiger partial charge in [-0.05, 0) is 38.1 Å². The van der Waals surface area contributed by atoms with Crippen LogP contribution in [0.2, 0.25) is 0 Å². The van der Waals surface area contributed by atoms with Crippen molar-refractivity contribution in [3.63, 3.8) is 0 Å². The van der Waals surface area contributed by atoms with Crippen LogP contribution in [-0.4, -0.2) is 30.0 Å². The highest BCUT2D eigenvalue weighted by Gasteiger charge is 2.15. The third-order valence-electron chi connectivity index (χ3n) is 2.88. The zero-order valence-electron chi connectivity index (χ0n) is 10.1. The third-order valence-corrected chi connectivity index (χ3v) is 4.26. The molecule has 1 fully saturated rings. The molecule has 0 saturated carbocycles. The van der Waals surface area contributed by atoms with E-state index in [4.69, 9.17) is 0 Å². The van der Waals surface area contributed by atoms with Gasteiger partial charge in [-0.25, -0.2) is 4.39 Å². The molecule has 1 amide bonds. The fraction of sp³-hybridized carbons (Fsp3) is 0.462. The summed E-state index contributed by atoms with van der Waals surface area (Å²) in [5, 5.41) is 6.43. The lowest BCUT2D eigenvalue weighted by molar-refractivity contribution is -0.113. The summed E-state index contributed by atoms with van der Waals surface area (Å²) < 4.78 is 13.3. The lowest BCUT2D eigenvalue weighted by Gasteiger charge is -2.21. The number of benzene rings is 1. The van der Waals surface area contributed by atoms with E-state index in [1.54, 1.807) is 30.0 Å². The smallest absolute Gasteiger partial charge is 0.234 e. The number of amides is 1. The Kier molecular flexibility index (Phi) is 5.01. The number of thioether (sulfide) groups is 1. The second-order valence-electron chi connectivity index (χ2n) is 4.29. The van der Waals surface area contributed by atoms with E-state index in [1.807, 2.05) is 0 Å². The predicted molar refractivity (Wildman–Crippen MR) is 73.4 cm³/mol. The molecule has 0 atom stereocenters. The standard InChI is InChI=1S/C13H17FN2OS/c14-11-3-1-2-4-12(11)16-13(17)9-18-10-5-7-15-8-6-10/h1-4,10,15H,5-9H2,(H,16,17). The van der Waals surface area contributed by atoms with Gasteiger partial charge in [0.2, 0.25) is 5.91 Å². The van der Waals surface area contributed by atoms with Crippen molar-refractivity contribution < 1.29 is 9.18 Å². The molecule has 1 aromatic carbocycles. The van der Waals surface area contributed by atoms with Gasteiger partial charge in [0.15, 0.2) is 0 Å². The highest BCUT2D eigenvalue weighted by molar-refractivity contribution is 8.00. The Hall–Kier alpha value is -1.07. The van der Waals surface area contributed by atoms with Crippen LogP contribution < -0.4 is 10.6 Å². The van der Waals surface area contributed by atoms with E-state index in [2.05, 4.69) is 10.6 Å². The van der Waals surface area contributed by atoms with E-state index in [1.165, 1.54) is 6.07 Å². The molecule has 2 N–H and O–H groups in total.